The number of thiocarbonyl (C=S) groups is 1. The number of ketones is 1. The molecule has 2 aromatic rings. The lowest BCUT2D eigenvalue weighted by molar-refractivity contribution is -0.121. The first-order chi connectivity index (χ1) is 13.5. The molecule has 2 aromatic carbocycles. The summed E-state index contributed by atoms with van der Waals surface area (Å²) in [5, 5.41) is 8.50. The molecule has 0 fully saturated rings. The molecule has 9 heteroatoms. The number of carbonyl (C=O) groups is 2. The average molecular weight is 473 g/mol. The van der Waals surface area contributed by atoms with Crippen LogP contribution in [-0.2, 0) is 11.2 Å². The van der Waals surface area contributed by atoms with Crippen LogP contribution in [0, 0.1) is 6.92 Å². The average Bonchev–Trinajstić information content (AvgIpc) is 2.62. The van der Waals surface area contributed by atoms with E-state index in [-0.39, 0.29) is 23.2 Å². The van der Waals surface area contributed by atoms with Crippen molar-refractivity contribution in [2.24, 2.45) is 0 Å². The molecule has 2 rings (SSSR count). The minimum absolute atomic E-state index is 0.0372. The summed E-state index contributed by atoms with van der Waals surface area (Å²) in [7, 11) is 0. The van der Waals surface area contributed by atoms with Crippen molar-refractivity contribution in [3.8, 4) is 0 Å². The smallest absolute Gasteiger partial charge is 0.228 e. The Morgan fingerprint density at radius 2 is 1.59 bits per heavy atom. The van der Waals surface area contributed by atoms with E-state index in [4.69, 9.17) is 47.0 Å². The van der Waals surface area contributed by atoms with E-state index in [1.54, 1.807) is 24.3 Å². The topological polar surface area (TPSA) is 70.2 Å². The first-order valence-electron chi connectivity index (χ1n) is 8.65. The molecule has 0 aliphatic heterocycles. The number of halogens is 3. The van der Waals surface area contributed by atoms with Crippen molar-refractivity contribution < 1.29 is 9.59 Å². The summed E-state index contributed by atoms with van der Waals surface area (Å²) >= 11 is 23.2. The lowest BCUT2D eigenvalue weighted by atomic mass is 10.1. The fraction of sp³-hybridized carbons (Fsp3) is 0.250. The molecule has 0 radical (unpaired) electrons. The minimum atomic E-state index is -1.84. The summed E-state index contributed by atoms with van der Waals surface area (Å²) < 4.78 is -1.84. The molecule has 0 bridgehead atoms. The Bertz CT molecular complexity index is 881. The third kappa shape index (κ3) is 7.82. The van der Waals surface area contributed by atoms with Gasteiger partial charge in [-0.15, -0.1) is 0 Å². The van der Waals surface area contributed by atoms with Crippen LogP contribution in [0.3, 0.4) is 0 Å². The highest BCUT2D eigenvalue weighted by atomic mass is 35.6. The zero-order valence-electron chi connectivity index (χ0n) is 15.8. The number of amides is 1. The Morgan fingerprint density at radius 1 is 1.00 bits per heavy atom. The van der Waals surface area contributed by atoms with Crippen LogP contribution >= 0.6 is 47.0 Å². The SMILES string of the molecule is CC(=O)c1ccc(NC(=S)NC(NC(=O)Cc2ccc(C)cc2)C(Cl)(Cl)Cl)cc1. The zero-order chi connectivity index (χ0) is 21.6. The molecular weight excluding hydrogens is 453 g/mol. The lowest BCUT2D eigenvalue weighted by Gasteiger charge is -2.27. The second-order valence-corrected chi connectivity index (χ2v) is 9.21. The maximum Gasteiger partial charge on any atom is 0.228 e. The monoisotopic (exact) mass is 471 g/mol. The zero-order valence-corrected chi connectivity index (χ0v) is 18.8. The van der Waals surface area contributed by atoms with E-state index < -0.39 is 9.96 Å². The summed E-state index contributed by atoms with van der Waals surface area (Å²) in [5.41, 5.74) is 3.16. The Morgan fingerprint density at radius 3 is 2.10 bits per heavy atom. The molecule has 5 nitrogen and oxygen atoms in total. The van der Waals surface area contributed by atoms with Crippen molar-refractivity contribution in [3.63, 3.8) is 0 Å². The molecule has 0 saturated heterocycles. The molecule has 0 spiro atoms. The van der Waals surface area contributed by atoms with Crippen LogP contribution in [0.1, 0.15) is 28.4 Å². The van der Waals surface area contributed by atoms with Gasteiger partial charge in [0.05, 0.1) is 6.42 Å². The van der Waals surface area contributed by atoms with Crippen LogP contribution < -0.4 is 16.0 Å². The van der Waals surface area contributed by atoms with Crippen LogP contribution in [0.15, 0.2) is 48.5 Å². The Kier molecular flexibility index (Phi) is 8.28. The van der Waals surface area contributed by atoms with Crippen LogP contribution in [0.5, 0.6) is 0 Å². The molecule has 0 heterocycles. The molecule has 0 aliphatic rings. The van der Waals surface area contributed by atoms with E-state index in [2.05, 4.69) is 16.0 Å². The number of alkyl halides is 3. The van der Waals surface area contributed by atoms with Gasteiger partial charge >= 0.3 is 0 Å². The van der Waals surface area contributed by atoms with E-state index in [1.807, 2.05) is 31.2 Å². The number of hydrogen-bond acceptors (Lipinski definition) is 3. The molecule has 1 atom stereocenters. The van der Waals surface area contributed by atoms with Gasteiger partial charge in [0.25, 0.3) is 0 Å². The summed E-state index contributed by atoms with van der Waals surface area (Å²) in [5.74, 6) is -0.365. The molecule has 29 heavy (non-hydrogen) atoms. The number of aryl methyl sites for hydroxylation is 1. The predicted molar refractivity (Wildman–Crippen MR) is 123 cm³/mol. The van der Waals surface area contributed by atoms with Gasteiger partial charge in [0.15, 0.2) is 10.9 Å². The molecule has 0 aromatic heterocycles. The Balaban J connectivity index is 1.98. The number of nitrogens with one attached hydrogen (secondary N) is 3. The summed E-state index contributed by atoms with van der Waals surface area (Å²) in [6.45, 7) is 3.45. The van der Waals surface area contributed by atoms with Gasteiger partial charge in [0.1, 0.15) is 6.17 Å². The number of Topliss-reactive ketones (excluding diaryl/α,β-unsaturated/α-hetero) is 1. The largest absolute Gasteiger partial charge is 0.339 e. The van der Waals surface area contributed by atoms with Gasteiger partial charge in [-0.05, 0) is 55.9 Å². The number of benzene rings is 2. The maximum atomic E-state index is 12.4. The number of carbonyl (C=O) groups excluding carboxylic acids is 2. The maximum absolute atomic E-state index is 12.4. The van der Waals surface area contributed by atoms with E-state index >= 15 is 0 Å². The van der Waals surface area contributed by atoms with E-state index in [0.717, 1.165) is 11.1 Å². The molecule has 154 valence electrons. The number of rotatable bonds is 6. The summed E-state index contributed by atoms with van der Waals surface area (Å²) in [6.07, 6.45) is -0.923. The van der Waals surface area contributed by atoms with Crippen LogP contribution in [0.25, 0.3) is 0 Å². The van der Waals surface area contributed by atoms with Gasteiger partial charge < -0.3 is 16.0 Å². The van der Waals surface area contributed by atoms with Gasteiger partial charge in [-0.1, -0.05) is 64.6 Å². The van der Waals surface area contributed by atoms with Crippen molar-refractivity contribution in [1.29, 1.82) is 0 Å². The standard InChI is InChI=1S/C20H20Cl3N3O2S/c1-12-3-5-14(6-4-12)11-17(28)25-18(20(21,22)23)26-19(29)24-16-9-7-15(8-10-16)13(2)27/h3-10,18H,11H2,1-2H3,(H,25,28)(H2,24,26,29). The third-order valence-corrected chi connectivity index (χ3v) is 4.82. The lowest BCUT2D eigenvalue weighted by Crippen LogP contribution is -2.56. The fourth-order valence-corrected chi connectivity index (χ4v) is 2.95. The van der Waals surface area contributed by atoms with Crippen LogP contribution in [0.2, 0.25) is 0 Å². The highest BCUT2D eigenvalue weighted by Crippen LogP contribution is 2.29. The van der Waals surface area contributed by atoms with Crippen LogP contribution in [-0.4, -0.2) is 26.8 Å². The van der Waals surface area contributed by atoms with Crippen molar-refractivity contribution >= 4 is 69.5 Å². The molecule has 1 unspecified atom stereocenters. The van der Waals surface area contributed by atoms with Crippen molar-refractivity contribution in [3.05, 3.63) is 65.2 Å². The highest BCUT2D eigenvalue weighted by molar-refractivity contribution is 7.80. The molecular formula is C20H20Cl3N3O2S. The van der Waals surface area contributed by atoms with E-state index in [1.165, 1.54) is 6.92 Å². The second kappa shape index (κ2) is 10.3. The van der Waals surface area contributed by atoms with Crippen LogP contribution in [0.4, 0.5) is 5.69 Å². The van der Waals surface area contributed by atoms with E-state index in [9.17, 15) is 9.59 Å². The fourth-order valence-electron chi connectivity index (χ4n) is 2.39. The molecule has 1 amide bonds. The summed E-state index contributed by atoms with van der Waals surface area (Å²) in [4.78, 5) is 23.7. The number of hydrogen-bond donors (Lipinski definition) is 3. The van der Waals surface area contributed by atoms with Gasteiger partial charge in [0.2, 0.25) is 9.70 Å². The van der Waals surface area contributed by atoms with Crippen molar-refractivity contribution in [2.45, 2.75) is 30.2 Å². The predicted octanol–water partition coefficient (Wildman–Crippen LogP) is 4.54. The van der Waals surface area contributed by atoms with Gasteiger partial charge in [0, 0.05) is 11.3 Å². The van der Waals surface area contributed by atoms with Gasteiger partial charge in [-0.3, -0.25) is 9.59 Å². The third-order valence-electron chi connectivity index (χ3n) is 3.94. The molecule has 0 aliphatic carbocycles. The normalized spacial score (nSPS) is 12.0. The van der Waals surface area contributed by atoms with Crippen molar-refractivity contribution in [2.75, 3.05) is 5.32 Å². The summed E-state index contributed by atoms with van der Waals surface area (Å²) in [6, 6.07) is 14.3. The molecule has 0 saturated carbocycles. The highest BCUT2D eigenvalue weighted by Gasteiger charge is 2.34. The van der Waals surface area contributed by atoms with Gasteiger partial charge in [-0.25, -0.2) is 0 Å². The van der Waals surface area contributed by atoms with Gasteiger partial charge in [-0.2, -0.15) is 0 Å². The quantitative estimate of drug-likeness (QED) is 0.249. The second-order valence-electron chi connectivity index (χ2n) is 6.44. The number of anilines is 1. The van der Waals surface area contributed by atoms with Crippen molar-refractivity contribution in [1.82, 2.24) is 10.6 Å². The minimum Gasteiger partial charge on any atom is -0.339 e. The first kappa shape index (κ1) is 23.4. The first-order valence-corrected chi connectivity index (χ1v) is 10.2. The van der Waals surface area contributed by atoms with E-state index in [0.29, 0.717) is 11.3 Å². The molecule has 3 N–H and O–H groups in total. The Labute approximate surface area is 190 Å². The Hall–Kier alpha value is -1.86.